The lowest BCUT2D eigenvalue weighted by molar-refractivity contribution is 0.195. The van der Waals surface area contributed by atoms with Gasteiger partial charge >= 0.3 is 0 Å². The van der Waals surface area contributed by atoms with Crippen molar-refractivity contribution in [3.63, 3.8) is 0 Å². The van der Waals surface area contributed by atoms with Crippen molar-refractivity contribution < 1.29 is 4.74 Å². The summed E-state index contributed by atoms with van der Waals surface area (Å²) in [5.41, 5.74) is 0.0801. The topological polar surface area (TPSA) is 90.9 Å². The summed E-state index contributed by atoms with van der Waals surface area (Å²) in [5.74, 6) is 1.88. The van der Waals surface area contributed by atoms with Gasteiger partial charge in [0.05, 0.1) is 18.2 Å². The van der Waals surface area contributed by atoms with Gasteiger partial charge in [0, 0.05) is 19.2 Å². The molecule has 0 radical (unpaired) electrons. The monoisotopic (exact) mass is 304 g/mol. The summed E-state index contributed by atoms with van der Waals surface area (Å²) in [7, 11) is 0. The van der Waals surface area contributed by atoms with E-state index in [2.05, 4.69) is 15.3 Å². The highest BCUT2D eigenvalue weighted by Crippen LogP contribution is 2.26. The van der Waals surface area contributed by atoms with Crippen LogP contribution in [0, 0.1) is 11.3 Å². The van der Waals surface area contributed by atoms with E-state index in [0.717, 1.165) is 31.5 Å². The standard InChI is InChI=1S/C16H24N4O2/c17-9-13-15(18-12-6-7-22-10-12)19-14(20-16(13)21)8-11-4-2-1-3-5-11/h9,11-12,17H,1-8,10H2,(H2,18,19,20,21). The average Bonchev–Trinajstić information content (AvgIpc) is 3.01. The molecule has 1 saturated heterocycles. The summed E-state index contributed by atoms with van der Waals surface area (Å²) in [6.07, 6.45) is 9.11. The Labute approximate surface area is 130 Å². The van der Waals surface area contributed by atoms with Crippen LogP contribution in [0.1, 0.15) is 49.9 Å². The first-order valence-corrected chi connectivity index (χ1v) is 8.24. The second-order valence-corrected chi connectivity index (χ2v) is 6.33. The van der Waals surface area contributed by atoms with Gasteiger partial charge in [0.15, 0.2) is 0 Å². The molecule has 1 aromatic heterocycles. The summed E-state index contributed by atoms with van der Waals surface area (Å²) in [6, 6.07) is 0.176. The van der Waals surface area contributed by atoms with Gasteiger partial charge in [-0.15, -0.1) is 0 Å². The molecule has 0 aromatic carbocycles. The zero-order valence-electron chi connectivity index (χ0n) is 12.9. The minimum atomic E-state index is -0.225. The third-order valence-corrected chi connectivity index (χ3v) is 4.63. The van der Waals surface area contributed by atoms with Crippen LogP contribution in [0.4, 0.5) is 5.82 Å². The van der Waals surface area contributed by atoms with Crippen LogP contribution in [0.15, 0.2) is 4.79 Å². The van der Waals surface area contributed by atoms with E-state index in [-0.39, 0.29) is 11.6 Å². The molecule has 1 saturated carbocycles. The molecule has 2 heterocycles. The van der Waals surface area contributed by atoms with Crippen molar-refractivity contribution in [3.8, 4) is 0 Å². The lowest BCUT2D eigenvalue weighted by atomic mass is 9.87. The van der Waals surface area contributed by atoms with E-state index < -0.39 is 0 Å². The number of anilines is 1. The van der Waals surface area contributed by atoms with E-state index in [4.69, 9.17) is 10.1 Å². The van der Waals surface area contributed by atoms with Gasteiger partial charge in [-0.05, 0) is 12.3 Å². The fourth-order valence-corrected chi connectivity index (χ4v) is 3.38. The second-order valence-electron chi connectivity index (χ2n) is 6.33. The second kappa shape index (κ2) is 7.05. The zero-order chi connectivity index (χ0) is 15.4. The predicted octanol–water partition coefficient (Wildman–Crippen LogP) is 2.09. The van der Waals surface area contributed by atoms with Gasteiger partial charge in [0.25, 0.3) is 5.56 Å². The van der Waals surface area contributed by atoms with Gasteiger partial charge in [0.1, 0.15) is 11.6 Å². The first kappa shape index (κ1) is 15.2. The van der Waals surface area contributed by atoms with Crippen LogP contribution in [0.2, 0.25) is 0 Å². The molecule has 1 aliphatic heterocycles. The minimum Gasteiger partial charge on any atom is -0.379 e. The molecule has 1 aliphatic carbocycles. The molecule has 2 fully saturated rings. The Bertz CT molecular complexity index is 572. The lowest BCUT2D eigenvalue weighted by Crippen LogP contribution is -2.26. The molecule has 3 N–H and O–H groups in total. The molecule has 2 aliphatic rings. The van der Waals surface area contributed by atoms with Gasteiger partial charge in [-0.3, -0.25) is 4.79 Å². The van der Waals surface area contributed by atoms with Gasteiger partial charge in [0.2, 0.25) is 0 Å². The van der Waals surface area contributed by atoms with Gasteiger partial charge < -0.3 is 20.4 Å². The first-order valence-electron chi connectivity index (χ1n) is 8.24. The molecular formula is C16H24N4O2. The lowest BCUT2D eigenvalue weighted by Gasteiger charge is -2.21. The van der Waals surface area contributed by atoms with E-state index in [9.17, 15) is 4.79 Å². The van der Waals surface area contributed by atoms with Crippen LogP contribution >= 0.6 is 0 Å². The molecule has 6 nitrogen and oxygen atoms in total. The highest BCUT2D eigenvalue weighted by molar-refractivity contribution is 5.83. The molecule has 1 atom stereocenters. The Balaban J connectivity index is 1.79. The number of nitrogens with one attached hydrogen (secondary N) is 3. The third-order valence-electron chi connectivity index (χ3n) is 4.63. The van der Waals surface area contributed by atoms with Crippen molar-refractivity contribution in [1.82, 2.24) is 9.97 Å². The molecule has 0 bridgehead atoms. The normalized spacial score (nSPS) is 22.6. The SMILES string of the molecule is N=Cc1c(NC2CCOC2)nc(CC2CCCCC2)[nH]c1=O. The third kappa shape index (κ3) is 3.55. The van der Waals surface area contributed by atoms with Crippen LogP contribution in [-0.4, -0.2) is 35.4 Å². The van der Waals surface area contributed by atoms with Crippen LogP contribution in [-0.2, 0) is 11.2 Å². The number of ether oxygens (including phenoxy) is 1. The minimum absolute atomic E-state index is 0.176. The Kier molecular flexibility index (Phi) is 4.87. The molecule has 1 aromatic rings. The van der Waals surface area contributed by atoms with Crippen molar-refractivity contribution in [2.75, 3.05) is 18.5 Å². The average molecular weight is 304 g/mol. The molecule has 0 amide bonds. The maximum atomic E-state index is 12.2. The molecule has 120 valence electrons. The van der Waals surface area contributed by atoms with E-state index >= 15 is 0 Å². The quantitative estimate of drug-likeness (QED) is 0.726. The highest BCUT2D eigenvalue weighted by Gasteiger charge is 2.20. The van der Waals surface area contributed by atoms with Crippen molar-refractivity contribution in [2.45, 2.75) is 51.0 Å². The Morgan fingerprint density at radius 2 is 2.14 bits per heavy atom. The fraction of sp³-hybridized carbons (Fsp3) is 0.688. The van der Waals surface area contributed by atoms with Crippen molar-refractivity contribution in [1.29, 1.82) is 5.41 Å². The number of hydrogen-bond donors (Lipinski definition) is 3. The van der Waals surface area contributed by atoms with E-state index in [1.165, 1.54) is 32.1 Å². The van der Waals surface area contributed by atoms with Gasteiger partial charge in [-0.2, -0.15) is 0 Å². The number of aromatic amines is 1. The van der Waals surface area contributed by atoms with Crippen LogP contribution in [0.3, 0.4) is 0 Å². The first-order chi connectivity index (χ1) is 10.8. The van der Waals surface area contributed by atoms with Crippen molar-refractivity contribution >= 4 is 12.0 Å². The number of aromatic nitrogens is 2. The highest BCUT2D eigenvalue weighted by atomic mass is 16.5. The summed E-state index contributed by atoms with van der Waals surface area (Å²) in [6.45, 7) is 1.36. The molecule has 3 rings (SSSR count). The van der Waals surface area contributed by atoms with Gasteiger partial charge in [-0.25, -0.2) is 4.98 Å². The Hall–Kier alpha value is -1.69. The summed E-state index contributed by atoms with van der Waals surface area (Å²) in [4.78, 5) is 19.6. The molecular weight excluding hydrogens is 280 g/mol. The largest absolute Gasteiger partial charge is 0.379 e. The van der Waals surface area contributed by atoms with Crippen LogP contribution in [0.5, 0.6) is 0 Å². The summed E-state index contributed by atoms with van der Waals surface area (Å²) in [5, 5.41) is 10.7. The van der Waals surface area contributed by atoms with Crippen LogP contribution < -0.4 is 10.9 Å². The van der Waals surface area contributed by atoms with Crippen molar-refractivity contribution in [2.24, 2.45) is 5.92 Å². The Morgan fingerprint density at radius 3 is 2.82 bits per heavy atom. The zero-order valence-corrected chi connectivity index (χ0v) is 12.9. The number of rotatable bonds is 5. The predicted molar refractivity (Wildman–Crippen MR) is 85.9 cm³/mol. The fourth-order valence-electron chi connectivity index (χ4n) is 3.38. The van der Waals surface area contributed by atoms with E-state index in [1.807, 2.05) is 0 Å². The van der Waals surface area contributed by atoms with Crippen LogP contribution in [0.25, 0.3) is 0 Å². The molecule has 22 heavy (non-hydrogen) atoms. The summed E-state index contributed by atoms with van der Waals surface area (Å²) >= 11 is 0. The smallest absolute Gasteiger partial charge is 0.261 e. The molecule has 6 heteroatoms. The maximum absolute atomic E-state index is 12.2. The molecule has 0 spiro atoms. The number of hydrogen-bond acceptors (Lipinski definition) is 5. The maximum Gasteiger partial charge on any atom is 0.261 e. The Morgan fingerprint density at radius 1 is 1.32 bits per heavy atom. The molecule has 1 unspecified atom stereocenters. The van der Waals surface area contributed by atoms with E-state index in [0.29, 0.717) is 23.9 Å². The van der Waals surface area contributed by atoms with Gasteiger partial charge in [-0.1, -0.05) is 32.1 Å². The van der Waals surface area contributed by atoms with E-state index in [1.54, 1.807) is 0 Å². The number of nitrogens with zero attached hydrogens (tertiary/aromatic N) is 1. The number of H-pyrrole nitrogens is 1. The van der Waals surface area contributed by atoms with Crippen molar-refractivity contribution in [3.05, 3.63) is 21.7 Å². The summed E-state index contributed by atoms with van der Waals surface area (Å²) < 4.78 is 5.35.